The van der Waals surface area contributed by atoms with Crippen LogP contribution in [-0.2, 0) is 14.4 Å². The normalized spacial score (nSPS) is 11.3. The number of likely N-dealkylation sites (N-methyl/N-ethyl adjacent to an activating group) is 1. The number of nitrogens with one attached hydrogen (secondary N) is 1. The molecule has 0 saturated heterocycles. The Morgan fingerprint density at radius 1 is 1.02 bits per heavy atom. The SMILES string of the molecule is CCOc1cc2ncc(C#N)c(Nc3ccc(Oc4ccccc4)cc3)c2cc1N(C(=O)C=CCN(C)C)/C(=C/C(=O)O)C(=O)O. The summed E-state index contributed by atoms with van der Waals surface area (Å²) in [6, 6.07) is 21.3. The maximum Gasteiger partial charge on any atom is 0.353 e. The molecule has 0 radical (unpaired) electrons. The number of hydrogen-bond acceptors (Lipinski definition) is 9. The van der Waals surface area contributed by atoms with E-state index in [1.807, 2.05) is 30.3 Å². The molecule has 0 aliphatic rings. The van der Waals surface area contributed by atoms with Crippen LogP contribution in [0.4, 0.5) is 17.1 Å². The van der Waals surface area contributed by atoms with Crippen LogP contribution >= 0.6 is 0 Å². The molecule has 12 nitrogen and oxygen atoms in total. The molecule has 0 spiro atoms. The third-order valence-electron chi connectivity index (χ3n) is 6.38. The van der Waals surface area contributed by atoms with Crippen LogP contribution in [0.1, 0.15) is 12.5 Å². The smallest absolute Gasteiger partial charge is 0.353 e. The average Bonchev–Trinajstić information content (AvgIpc) is 3.02. The number of pyridine rings is 1. The molecule has 0 unspecified atom stereocenters. The first-order valence-corrected chi connectivity index (χ1v) is 14.0. The fourth-order valence-corrected chi connectivity index (χ4v) is 4.39. The maximum atomic E-state index is 13.6. The summed E-state index contributed by atoms with van der Waals surface area (Å²) in [7, 11) is 3.57. The predicted molar refractivity (Wildman–Crippen MR) is 172 cm³/mol. The lowest BCUT2D eigenvalue weighted by atomic mass is 10.1. The number of carboxylic acids is 2. The predicted octanol–water partition coefficient (Wildman–Crippen LogP) is 5.54. The van der Waals surface area contributed by atoms with E-state index in [1.165, 1.54) is 24.4 Å². The van der Waals surface area contributed by atoms with Gasteiger partial charge >= 0.3 is 11.9 Å². The van der Waals surface area contributed by atoms with Gasteiger partial charge in [0, 0.05) is 36.0 Å². The number of nitrogens with zero attached hydrogens (tertiary/aromatic N) is 4. The zero-order valence-electron chi connectivity index (χ0n) is 25.3. The van der Waals surface area contributed by atoms with Crippen LogP contribution in [0, 0.1) is 11.3 Å². The number of benzene rings is 3. The average molecular weight is 622 g/mol. The molecule has 0 fully saturated rings. The molecular weight excluding hydrogens is 590 g/mol. The van der Waals surface area contributed by atoms with Crippen LogP contribution in [-0.4, -0.2) is 65.2 Å². The fraction of sp³-hybridized carbons (Fsp3) is 0.147. The van der Waals surface area contributed by atoms with Crippen molar-refractivity contribution < 1.29 is 34.1 Å². The molecular formula is C34H31N5O7. The number of fused-ring (bicyclic) bond motifs is 1. The lowest BCUT2D eigenvalue weighted by Crippen LogP contribution is -2.33. The van der Waals surface area contributed by atoms with Gasteiger partial charge in [0.15, 0.2) is 0 Å². The van der Waals surface area contributed by atoms with Gasteiger partial charge in [0.25, 0.3) is 5.91 Å². The Morgan fingerprint density at radius 3 is 2.33 bits per heavy atom. The Bertz CT molecular complexity index is 1850. The zero-order chi connectivity index (χ0) is 33.2. The molecule has 234 valence electrons. The van der Waals surface area contributed by atoms with Crippen LogP contribution < -0.4 is 19.7 Å². The van der Waals surface area contributed by atoms with Crippen LogP contribution in [0.5, 0.6) is 17.2 Å². The lowest BCUT2D eigenvalue weighted by molar-refractivity contribution is -0.135. The van der Waals surface area contributed by atoms with Crippen LogP contribution in [0.15, 0.2) is 96.9 Å². The molecule has 0 aliphatic carbocycles. The Balaban J connectivity index is 1.87. The minimum absolute atomic E-state index is 0.0599. The number of amides is 1. The second kappa shape index (κ2) is 15.0. The van der Waals surface area contributed by atoms with E-state index in [-0.39, 0.29) is 23.6 Å². The minimum atomic E-state index is -1.65. The molecule has 0 atom stereocenters. The van der Waals surface area contributed by atoms with E-state index in [2.05, 4.69) is 16.4 Å². The minimum Gasteiger partial charge on any atom is -0.492 e. The first-order valence-electron chi connectivity index (χ1n) is 14.0. The number of aromatic nitrogens is 1. The number of carbonyl (C=O) groups is 3. The number of hydrogen-bond donors (Lipinski definition) is 3. The molecule has 3 N–H and O–H groups in total. The van der Waals surface area contributed by atoms with Gasteiger partial charge in [0.1, 0.15) is 29.0 Å². The first kappa shape index (κ1) is 32.7. The summed E-state index contributed by atoms with van der Waals surface area (Å²) in [6.07, 6.45) is 4.49. The highest BCUT2D eigenvalue weighted by molar-refractivity contribution is 6.14. The zero-order valence-corrected chi connectivity index (χ0v) is 25.3. The summed E-state index contributed by atoms with van der Waals surface area (Å²) in [5.41, 5.74) is 0.568. The van der Waals surface area contributed by atoms with Gasteiger partial charge in [-0.1, -0.05) is 24.3 Å². The van der Waals surface area contributed by atoms with Crippen LogP contribution in [0.2, 0.25) is 0 Å². The Hall–Kier alpha value is -6.19. The van der Waals surface area contributed by atoms with Crippen LogP contribution in [0.25, 0.3) is 10.9 Å². The maximum absolute atomic E-state index is 13.6. The number of nitriles is 1. The highest BCUT2D eigenvalue weighted by Crippen LogP contribution is 2.39. The van der Waals surface area contributed by atoms with Crippen molar-refractivity contribution in [2.45, 2.75) is 6.92 Å². The number of carboxylic acid groups (broad SMARTS) is 2. The highest BCUT2D eigenvalue weighted by Gasteiger charge is 2.29. The molecule has 1 amide bonds. The molecule has 1 heterocycles. The standard InChI is InChI=1S/C34H31N5O7/c1-4-45-30-18-27-26(17-28(30)39(29(34(43)44)19-32(41)42)31(40)11-8-16-38(2)3)33(22(20-35)21-36-27)37-23-12-14-25(15-13-23)46-24-9-6-5-7-10-24/h5-15,17-19,21H,4,16H2,1-3H3,(H,36,37)(H,41,42)(H,43,44)/b11-8?,29-19+. The fourth-order valence-electron chi connectivity index (χ4n) is 4.39. The van der Waals surface area contributed by atoms with Crippen molar-refractivity contribution in [1.82, 2.24) is 9.88 Å². The molecule has 0 bridgehead atoms. The molecule has 0 aliphatic heterocycles. The van der Waals surface area contributed by atoms with Gasteiger partial charge in [0.05, 0.1) is 35.1 Å². The summed E-state index contributed by atoms with van der Waals surface area (Å²) in [5.74, 6) is -2.72. The van der Waals surface area contributed by atoms with Gasteiger partial charge in [-0.2, -0.15) is 5.26 Å². The van der Waals surface area contributed by atoms with E-state index >= 15 is 0 Å². The Labute approximate surface area is 265 Å². The van der Waals surface area contributed by atoms with E-state index in [0.29, 0.717) is 46.4 Å². The molecule has 1 aromatic heterocycles. The van der Waals surface area contributed by atoms with Crippen molar-refractivity contribution in [3.63, 3.8) is 0 Å². The van der Waals surface area contributed by atoms with Gasteiger partial charge in [-0.15, -0.1) is 0 Å². The summed E-state index contributed by atoms with van der Waals surface area (Å²) in [5, 5.41) is 33.0. The molecule has 0 saturated carbocycles. The van der Waals surface area contributed by atoms with E-state index in [0.717, 1.165) is 11.0 Å². The van der Waals surface area contributed by atoms with Gasteiger partial charge < -0.3 is 29.9 Å². The quantitative estimate of drug-likeness (QED) is 0.160. The van der Waals surface area contributed by atoms with E-state index < -0.39 is 23.5 Å². The number of anilines is 3. The van der Waals surface area contributed by atoms with Crippen molar-refractivity contribution in [3.8, 4) is 23.3 Å². The summed E-state index contributed by atoms with van der Waals surface area (Å²) in [4.78, 5) is 44.5. The number of ether oxygens (including phenoxy) is 2. The summed E-state index contributed by atoms with van der Waals surface area (Å²) < 4.78 is 11.7. The van der Waals surface area contributed by atoms with E-state index in [4.69, 9.17) is 9.47 Å². The van der Waals surface area contributed by atoms with E-state index in [1.54, 1.807) is 50.2 Å². The number of aliphatic carboxylic acids is 2. The summed E-state index contributed by atoms with van der Waals surface area (Å²) >= 11 is 0. The molecule has 12 heteroatoms. The van der Waals surface area contributed by atoms with Crippen LogP contribution in [0.3, 0.4) is 0 Å². The highest BCUT2D eigenvalue weighted by atomic mass is 16.5. The van der Waals surface area contributed by atoms with Crippen molar-refractivity contribution >= 4 is 45.8 Å². The van der Waals surface area contributed by atoms with Crippen molar-refractivity contribution in [3.05, 3.63) is 102 Å². The summed E-state index contributed by atoms with van der Waals surface area (Å²) in [6.45, 7) is 2.20. The Morgan fingerprint density at radius 2 is 1.72 bits per heavy atom. The number of para-hydroxylation sites is 1. The van der Waals surface area contributed by atoms with Crippen molar-refractivity contribution in [2.24, 2.45) is 0 Å². The second-order valence-electron chi connectivity index (χ2n) is 10.0. The molecule has 46 heavy (non-hydrogen) atoms. The van der Waals surface area contributed by atoms with Crippen molar-refractivity contribution in [1.29, 1.82) is 5.26 Å². The lowest BCUT2D eigenvalue weighted by Gasteiger charge is -2.25. The molecule has 4 aromatic rings. The molecule has 3 aromatic carbocycles. The Kier molecular flexibility index (Phi) is 10.7. The van der Waals surface area contributed by atoms with Gasteiger partial charge in [-0.3, -0.25) is 14.7 Å². The third-order valence-corrected chi connectivity index (χ3v) is 6.38. The van der Waals surface area contributed by atoms with E-state index in [9.17, 15) is 29.9 Å². The monoisotopic (exact) mass is 621 g/mol. The third kappa shape index (κ3) is 8.04. The number of carbonyl (C=O) groups excluding carboxylic acids is 1. The topological polar surface area (TPSA) is 165 Å². The van der Waals surface area contributed by atoms with Crippen molar-refractivity contribution in [2.75, 3.05) is 37.5 Å². The van der Waals surface area contributed by atoms with Gasteiger partial charge in [-0.25, -0.2) is 9.59 Å². The first-order chi connectivity index (χ1) is 22.1. The largest absolute Gasteiger partial charge is 0.492 e. The molecule has 4 rings (SSSR count). The van der Waals surface area contributed by atoms with Gasteiger partial charge in [-0.05, 0) is 63.5 Å². The second-order valence-corrected chi connectivity index (χ2v) is 10.0. The number of rotatable bonds is 13. The van der Waals surface area contributed by atoms with Gasteiger partial charge in [0.2, 0.25) is 0 Å².